The largest absolute Gasteiger partial charge is 0.493 e. The maximum absolute atomic E-state index is 11.6. The molecule has 1 N–H and O–H groups in total. The number of aliphatic carboxylic acids is 1. The molecular formula is C20H22O3. The number of carbonyl (C=O) groups is 1. The maximum Gasteiger partial charge on any atom is 0.336 e. The third-order valence-corrected chi connectivity index (χ3v) is 3.57. The molecule has 0 bridgehead atoms. The Balaban J connectivity index is 2.36. The second-order valence-corrected chi connectivity index (χ2v) is 5.60. The first kappa shape index (κ1) is 16.8. The summed E-state index contributed by atoms with van der Waals surface area (Å²) in [6, 6.07) is 13.3. The van der Waals surface area contributed by atoms with E-state index >= 15 is 0 Å². The van der Waals surface area contributed by atoms with E-state index in [1.165, 1.54) is 0 Å². The van der Waals surface area contributed by atoms with E-state index in [-0.39, 0.29) is 5.57 Å². The molecule has 0 aromatic heterocycles. The van der Waals surface area contributed by atoms with Crippen molar-refractivity contribution in [3.8, 4) is 5.75 Å². The van der Waals surface area contributed by atoms with Crippen LogP contribution in [0.5, 0.6) is 5.75 Å². The van der Waals surface area contributed by atoms with Crippen molar-refractivity contribution in [2.75, 3.05) is 6.61 Å². The number of rotatable bonds is 6. The predicted molar refractivity (Wildman–Crippen MR) is 93.7 cm³/mol. The molecule has 2 aromatic carbocycles. The lowest BCUT2D eigenvalue weighted by Crippen LogP contribution is -2.02. The fourth-order valence-corrected chi connectivity index (χ4v) is 2.29. The molecule has 3 nitrogen and oxygen atoms in total. The van der Waals surface area contributed by atoms with E-state index in [0.29, 0.717) is 12.2 Å². The van der Waals surface area contributed by atoms with Crippen molar-refractivity contribution in [1.82, 2.24) is 0 Å². The van der Waals surface area contributed by atoms with Crippen LogP contribution in [-0.2, 0) is 4.79 Å². The number of carboxylic acids is 1. The molecule has 2 aromatic rings. The van der Waals surface area contributed by atoms with Crippen molar-refractivity contribution in [3.63, 3.8) is 0 Å². The molecule has 0 spiro atoms. The summed E-state index contributed by atoms with van der Waals surface area (Å²) >= 11 is 0. The van der Waals surface area contributed by atoms with E-state index in [0.717, 1.165) is 28.9 Å². The number of aryl methyl sites for hydroxylation is 2. The highest BCUT2D eigenvalue weighted by atomic mass is 16.5. The number of carboxylic acid groups (broad SMARTS) is 1. The molecule has 2 rings (SSSR count). The fourth-order valence-electron chi connectivity index (χ4n) is 2.29. The van der Waals surface area contributed by atoms with E-state index < -0.39 is 5.97 Å². The first-order valence-corrected chi connectivity index (χ1v) is 7.76. The summed E-state index contributed by atoms with van der Waals surface area (Å²) in [6.45, 7) is 6.64. The van der Waals surface area contributed by atoms with Gasteiger partial charge in [0.1, 0.15) is 5.75 Å². The third kappa shape index (κ3) is 4.46. The van der Waals surface area contributed by atoms with E-state index in [9.17, 15) is 9.90 Å². The molecule has 0 aliphatic rings. The van der Waals surface area contributed by atoms with Crippen LogP contribution in [0.3, 0.4) is 0 Å². The zero-order valence-corrected chi connectivity index (χ0v) is 13.8. The molecule has 0 saturated carbocycles. The minimum Gasteiger partial charge on any atom is -0.493 e. The molecule has 23 heavy (non-hydrogen) atoms. The highest BCUT2D eigenvalue weighted by Gasteiger charge is 2.12. The summed E-state index contributed by atoms with van der Waals surface area (Å²) in [4.78, 5) is 11.6. The van der Waals surface area contributed by atoms with Gasteiger partial charge in [-0.1, -0.05) is 42.8 Å². The van der Waals surface area contributed by atoms with Crippen molar-refractivity contribution in [2.24, 2.45) is 0 Å². The summed E-state index contributed by atoms with van der Waals surface area (Å²) in [7, 11) is 0. The molecule has 3 heteroatoms. The average Bonchev–Trinajstić information content (AvgIpc) is 2.53. The molecule has 0 atom stereocenters. The zero-order chi connectivity index (χ0) is 16.8. The van der Waals surface area contributed by atoms with Gasteiger partial charge in [-0.2, -0.15) is 0 Å². The van der Waals surface area contributed by atoms with Crippen LogP contribution in [0, 0.1) is 13.8 Å². The standard InChI is InChI=1S/C20H22O3/c1-4-11-23-19-10-9-17(12-15(19)3)18(20(21)22)13-16-7-5-14(2)6-8-16/h5-10,12-13H,4,11H2,1-3H3,(H,21,22)/b18-13-. The number of hydrogen-bond acceptors (Lipinski definition) is 2. The Hall–Kier alpha value is -2.55. The molecule has 0 fully saturated rings. The predicted octanol–water partition coefficient (Wildman–Crippen LogP) is 4.72. The molecule has 120 valence electrons. The van der Waals surface area contributed by atoms with Gasteiger partial charge in [-0.15, -0.1) is 0 Å². The van der Waals surface area contributed by atoms with Crippen LogP contribution in [0.25, 0.3) is 11.6 Å². The molecule has 0 amide bonds. The summed E-state index contributed by atoms with van der Waals surface area (Å²) in [5, 5.41) is 9.54. The fraction of sp³-hybridized carbons (Fsp3) is 0.250. The van der Waals surface area contributed by atoms with Crippen LogP contribution < -0.4 is 4.74 Å². The molecule has 0 heterocycles. The van der Waals surface area contributed by atoms with Gasteiger partial charge in [0.15, 0.2) is 0 Å². The number of hydrogen-bond donors (Lipinski definition) is 1. The van der Waals surface area contributed by atoms with Gasteiger partial charge < -0.3 is 9.84 Å². The molecule has 0 aliphatic carbocycles. The van der Waals surface area contributed by atoms with Crippen molar-refractivity contribution < 1.29 is 14.6 Å². The van der Waals surface area contributed by atoms with E-state index in [2.05, 4.69) is 6.92 Å². The number of ether oxygens (including phenoxy) is 1. The smallest absolute Gasteiger partial charge is 0.336 e. The highest BCUT2D eigenvalue weighted by Crippen LogP contribution is 2.25. The van der Waals surface area contributed by atoms with E-state index in [4.69, 9.17) is 4.74 Å². The molecule has 0 radical (unpaired) electrons. The second-order valence-electron chi connectivity index (χ2n) is 5.60. The van der Waals surface area contributed by atoms with Gasteiger partial charge in [0.2, 0.25) is 0 Å². The lowest BCUT2D eigenvalue weighted by atomic mass is 10.00. The van der Waals surface area contributed by atoms with Gasteiger partial charge in [0.05, 0.1) is 12.2 Å². The maximum atomic E-state index is 11.6. The third-order valence-electron chi connectivity index (χ3n) is 3.57. The SMILES string of the molecule is CCCOc1ccc(/C(=C/c2ccc(C)cc2)C(=O)O)cc1C. The minimum absolute atomic E-state index is 0.277. The summed E-state index contributed by atoms with van der Waals surface area (Å²) in [5.41, 5.74) is 3.91. The first-order chi connectivity index (χ1) is 11.0. The van der Waals surface area contributed by atoms with Crippen LogP contribution >= 0.6 is 0 Å². The summed E-state index contributed by atoms with van der Waals surface area (Å²) < 4.78 is 5.65. The average molecular weight is 310 g/mol. The van der Waals surface area contributed by atoms with Crippen LogP contribution in [0.15, 0.2) is 42.5 Å². The lowest BCUT2D eigenvalue weighted by Gasteiger charge is -2.10. The Bertz CT molecular complexity index is 712. The second kappa shape index (κ2) is 7.63. The van der Waals surface area contributed by atoms with Gasteiger partial charge >= 0.3 is 5.97 Å². The van der Waals surface area contributed by atoms with Gasteiger partial charge in [0.25, 0.3) is 0 Å². The Labute approximate surface area is 137 Å². The number of benzene rings is 2. The Morgan fingerprint density at radius 2 is 1.83 bits per heavy atom. The van der Waals surface area contributed by atoms with Gasteiger partial charge in [0, 0.05) is 0 Å². The van der Waals surface area contributed by atoms with Gasteiger partial charge in [-0.3, -0.25) is 0 Å². The quantitative estimate of drug-likeness (QED) is 0.620. The summed E-state index contributed by atoms with van der Waals surface area (Å²) in [6.07, 6.45) is 2.64. The van der Waals surface area contributed by atoms with Gasteiger partial charge in [-0.05, 0) is 55.2 Å². The monoisotopic (exact) mass is 310 g/mol. The van der Waals surface area contributed by atoms with E-state index in [1.807, 2.05) is 50.2 Å². The summed E-state index contributed by atoms with van der Waals surface area (Å²) in [5.74, 6) is -0.136. The Morgan fingerprint density at radius 3 is 2.39 bits per heavy atom. The van der Waals surface area contributed by atoms with Crippen LogP contribution in [0.2, 0.25) is 0 Å². The van der Waals surface area contributed by atoms with Crippen LogP contribution in [0.1, 0.15) is 35.6 Å². The van der Waals surface area contributed by atoms with Crippen molar-refractivity contribution in [1.29, 1.82) is 0 Å². The van der Waals surface area contributed by atoms with Crippen molar-refractivity contribution in [3.05, 3.63) is 64.7 Å². The molecule has 0 aliphatic heterocycles. The first-order valence-electron chi connectivity index (χ1n) is 7.76. The topological polar surface area (TPSA) is 46.5 Å². The van der Waals surface area contributed by atoms with Crippen molar-refractivity contribution >= 4 is 17.6 Å². The molecule has 0 saturated heterocycles. The minimum atomic E-state index is -0.938. The highest BCUT2D eigenvalue weighted by molar-refractivity contribution is 6.20. The van der Waals surface area contributed by atoms with Crippen molar-refractivity contribution in [2.45, 2.75) is 27.2 Å². The molecule has 0 unspecified atom stereocenters. The Morgan fingerprint density at radius 1 is 1.13 bits per heavy atom. The zero-order valence-electron chi connectivity index (χ0n) is 13.8. The van der Waals surface area contributed by atoms with Gasteiger partial charge in [-0.25, -0.2) is 4.79 Å². The molecular weight excluding hydrogens is 288 g/mol. The normalized spacial score (nSPS) is 11.3. The Kier molecular flexibility index (Phi) is 5.58. The lowest BCUT2D eigenvalue weighted by molar-refractivity contribution is -0.130. The van der Waals surface area contributed by atoms with E-state index in [1.54, 1.807) is 12.1 Å². The van der Waals surface area contributed by atoms with Crippen LogP contribution in [-0.4, -0.2) is 17.7 Å². The van der Waals surface area contributed by atoms with Crippen LogP contribution in [0.4, 0.5) is 0 Å².